The van der Waals surface area contributed by atoms with Crippen LogP contribution in [0.4, 0.5) is 0 Å². The van der Waals surface area contributed by atoms with Gasteiger partial charge in [0.1, 0.15) is 5.69 Å². The summed E-state index contributed by atoms with van der Waals surface area (Å²) in [6.07, 6.45) is 7.55. The Morgan fingerprint density at radius 1 is 1.19 bits per heavy atom. The Labute approximate surface area is 123 Å². The van der Waals surface area contributed by atoms with Crippen molar-refractivity contribution in [2.75, 3.05) is 5.43 Å². The fraction of sp³-hybridized carbons (Fsp3) is 0. The van der Waals surface area contributed by atoms with Gasteiger partial charge >= 0.3 is 0 Å². The van der Waals surface area contributed by atoms with E-state index >= 15 is 0 Å². The maximum Gasteiger partial charge on any atom is 0.290 e. The van der Waals surface area contributed by atoms with Gasteiger partial charge in [-0.2, -0.15) is 5.10 Å². The number of aromatic nitrogens is 6. The van der Waals surface area contributed by atoms with Crippen LogP contribution in [0.15, 0.2) is 43.1 Å². The van der Waals surface area contributed by atoms with Crippen molar-refractivity contribution >= 4 is 18.1 Å². The Balaban J connectivity index is 1.95. The number of carbonyl (C=O) groups is 1. The zero-order valence-electron chi connectivity index (χ0n) is 10.6. The number of hydrogen-bond acceptors (Lipinski definition) is 6. The summed E-state index contributed by atoms with van der Waals surface area (Å²) >= 11 is 5.12. The third kappa shape index (κ3) is 2.67. The Morgan fingerprint density at radius 3 is 2.71 bits per heavy atom. The molecule has 8 nitrogen and oxygen atoms in total. The molecule has 0 atom stereocenters. The van der Waals surface area contributed by atoms with Gasteiger partial charge in [-0.25, -0.2) is 14.8 Å². The summed E-state index contributed by atoms with van der Waals surface area (Å²) in [7, 11) is 0. The molecule has 0 aromatic carbocycles. The van der Waals surface area contributed by atoms with Gasteiger partial charge in [-0.15, -0.1) is 0 Å². The molecule has 2 N–H and O–H groups in total. The Bertz CT molecular complexity index is 812. The second kappa shape index (κ2) is 5.59. The van der Waals surface area contributed by atoms with E-state index in [0.29, 0.717) is 5.82 Å². The Kier molecular flexibility index (Phi) is 3.48. The molecule has 3 aromatic rings. The molecule has 0 unspecified atom stereocenters. The minimum absolute atomic E-state index is 0.182. The normalized spacial score (nSPS) is 10.3. The van der Waals surface area contributed by atoms with Crippen LogP contribution in [0.1, 0.15) is 10.5 Å². The Hall–Kier alpha value is -2.94. The number of carbonyl (C=O) groups excluding carboxylic acids is 1. The SMILES string of the molecule is O=C(Nn1c(-c2ccncc2)n[nH]c1=S)c1cnccn1. The monoisotopic (exact) mass is 299 g/mol. The van der Waals surface area contributed by atoms with E-state index in [1.165, 1.54) is 23.3 Å². The lowest BCUT2D eigenvalue weighted by molar-refractivity contribution is 0.100. The summed E-state index contributed by atoms with van der Waals surface area (Å²) in [5.74, 6) is 0.0375. The van der Waals surface area contributed by atoms with Gasteiger partial charge in [-0.05, 0) is 24.4 Å². The summed E-state index contributed by atoms with van der Waals surface area (Å²) in [5, 5.41) is 6.74. The number of aromatic amines is 1. The average molecular weight is 299 g/mol. The maximum absolute atomic E-state index is 12.1. The summed E-state index contributed by atoms with van der Waals surface area (Å²) in [6.45, 7) is 0. The van der Waals surface area contributed by atoms with E-state index in [9.17, 15) is 4.79 Å². The van der Waals surface area contributed by atoms with Crippen molar-refractivity contribution in [1.82, 2.24) is 29.8 Å². The molecule has 0 aliphatic carbocycles. The first-order valence-corrected chi connectivity index (χ1v) is 6.32. The summed E-state index contributed by atoms with van der Waals surface area (Å²) in [6, 6.07) is 3.52. The number of nitrogens with one attached hydrogen (secondary N) is 2. The van der Waals surface area contributed by atoms with Gasteiger partial charge in [0.05, 0.1) is 6.20 Å². The van der Waals surface area contributed by atoms with Gasteiger partial charge in [-0.3, -0.25) is 20.2 Å². The molecule has 3 heterocycles. The molecular weight excluding hydrogens is 290 g/mol. The molecular formula is C12H9N7OS. The quantitative estimate of drug-likeness (QED) is 0.704. The topological polar surface area (TPSA) is 101 Å². The zero-order valence-corrected chi connectivity index (χ0v) is 11.4. The molecule has 0 bridgehead atoms. The van der Waals surface area contributed by atoms with Crippen LogP contribution >= 0.6 is 12.2 Å². The molecule has 104 valence electrons. The van der Waals surface area contributed by atoms with Gasteiger partial charge < -0.3 is 0 Å². The van der Waals surface area contributed by atoms with Crippen molar-refractivity contribution < 1.29 is 4.79 Å². The highest BCUT2D eigenvalue weighted by Gasteiger charge is 2.13. The minimum Gasteiger partial charge on any atom is -0.266 e. The van der Waals surface area contributed by atoms with Crippen molar-refractivity contribution in [2.24, 2.45) is 0 Å². The standard InChI is InChI=1S/C12H9N7OS/c20-11(9-7-14-5-6-15-9)18-19-10(16-17-12(19)21)8-1-3-13-4-2-8/h1-7H,(H,17,21)(H,18,20). The van der Waals surface area contributed by atoms with E-state index in [-0.39, 0.29) is 10.5 Å². The van der Waals surface area contributed by atoms with Gasteiger partial charge in [0, 0.05) is 30.4 Å². The van der Waals surface area contributed by atoms with Crippen molar-refractivity contribution in [2.45, 2.75) is 0 Å². The summed E-state index contributed by atoms with van der Waals surface area (Å²) < 4.78 is 1.64. The largest absolute Gasteiger partial charge is 0.290 e. The Morgan fingerprint density at radius 2 is 2.00 bits per heavy atom. The van der Waals surface area contributed by atoms with Crippen LogP contribution in [0.3, 0.4) is 0 Å². The summed E-state index contributed by atoms with van der Waals surface area (Å²) in [5.41, 5.74) is 3.57. The van der Waals surface area contributed by atoms with Crippen LogP contribution in [0.25, 0.3) is 11.4 Å². The highest BCUT2D eigenvalue weighted by atomic mass is 32.1. The fourth-order valence-corrected chi connectivity index (χ4v) is 1.85. The molecule has 21 heavy (non-hydrogen) atoms. The lowest BCUT2D eigenvalue weighted by Gasteiger charge is -2.07. The molecule has 0 radical (unpaired) electrons. The number of hydrogen-bond donors (Lipinski definition) is 2. The van der Waals surface area contributed by atoms with E-state index in [1.807, 2.05) is 0 Å². The fourth-order valence-electron chi connectivity index (χ4n) is 1.67. The summed E-state index contributed by atoms with van der Waals surface area (Å²) in [4.78, 5) is 23.8. The van der Waals surface area contributed by atoms with Crippen LogP contribution < -0.4 is 5.43 Å². The second-order valence-corrected chi connectivity index (χ2v) is 4.34. The predicted molar refractivity (Wildman–Crippen MR) is 76.4 cm³/mol. The molecule has 3 rings (SSSR count). The van der Waals surface area contributed by atoms with E-state index < -0.39 is 5.91 Å². The highest BCUT2D eigenvalue weighted by molar-refractivity contribution is 7.71. The first-order chi connectivity index (χ1) is 10.3. The molecule has 0 spiro atoms. The van der Waals surface area contributed by atoms with Crippen LogP contribution in [0.2, 0.25) is 0 Å². The number of H-pyrrole nitrogens is 1. The van der Waals surface area contributed by atoms with Gasteiger partial charge in [-0.1, -0.05) is 0 Å². The van der Waals surface area contributed by atoms with Crippen LogP contribution in [0, 0.1) is 4.77 Å². The van der Waals surface area contributed by atoms with Crippen LogP contribution in [-0.4, -0.2) is 35.7 Å². The van der Waals surface area contributed by atoms with Crippen molar-refractivity contribution in [3.05, 3.63) is 53.6 Å². The lowest BCUT2D eigenvalue weighted by atomic mass is 10.2. The molecule has 0 aliphatic heterocycles. The van der Waals surface area contributed by atoms with Gasteiger partial charge in [0.2, 0.25) is 4.77 Å². The van der Waals surface area contributed by atoms with Crippen molar-refractivity contribution in [3.63, 3.8) is 0 Å². The number of nitrogens with zero attached hydrogens (tertiary/aromatic N) is 5. The molecule has 1 amide bonds. The number of pyridine rings is 1. The second-order valence-electron chi connectivity index (χ2n) is 3.96. The number of amides is 1. The van der Waals surface area contributed by atoms with Crippen LogP contribution in [-0.2, 0) is 0 Å². The molecule has 0 saturated heterocycles. The number of rotatable bonds is 3. The first-order valence-electron chi connectivity index (χ1n) is 5.91. The molecule has 0 fully saturated rings. The van der Waals surface area contributed by atoms with Gasteiger partial charge in [0.25, 0.3) is 5.91 Å². The molecule has 0 saturated carbocycles. The van der Waals surface area contributed by atoms with Crippen LogP contribution in [0.5, 0.6) is 0 Å². The molecule has 3 aromatic heterocycles. The van der Waals surface area contributed by atoms with E-state index in [2.05, 4.69) is 30.6 Å². The predicted octanol–water partition coefficient (Wildman–Crippen LogP) is 1.18. The average Bonchev–Trinajstić information content (AvgIpc) is 2.90. The maximum atomic E-state index is 12.1. The van der Waals surface area contributed by atoms with Crippen molar-refractivity contribution in [1.29, 1.82) is 0 Å². The third-order valence-corrected chi connectivity index (χ3v) is 2.89. The van der Waals surface area contributed by atoms with E-state index in [4.69, 9.17) is 12.2 Å². The van der Waals surface area contributed by atoms with Gasteiger partial charge in [0.15, 0.2) is 5.82 Å². The van der Waals surface area contributed by atoms with Crippen molar-refractivity contribution in [3.8, 4) is 11.4 Å². The van der Waals surface area contributed by atoms with E-state index in [0.717, 1.165) is 5.56 Å². The lowest BCUT2D eigenvalue weighted by Crippen LogP contribution is -2.24. The highest BCUT2D eigenvalue weighted by Crippen LogP contribution is 2.14. The third-order valence-electron chi connectivity index (χ3n) is 2.62. The first kappa shape index (κ1) is 13.1. The smallest absolute Gasteiger partial charge is 0.266 e. The zero-order chi connectivity index (χ0) is 14.7. The molecule has 0 aliphatic rings. The minimum atomic E-state index is -0.434. The molecule has 9 heteroatoms. The van der Waals surface area contributed by atoms with E-state index in [1.54, 1.807) is 24.5 Å².